The van der Waals surface area contributed by atoms with Crippen molar-refractivity contribution in [1.29, 1.82) is 5.26 Å². The fourth-order valence-corrected chi connectivity index (χ4v) is 3.42. The number of carbonyl (C=O) groups is 2. The number of nitriles is 1. The molecule has 0 bridgehead atoms. The number of anilines is 2. The highest BCUT2D eigenvalue weighted by Gasteiger charge is 2.30. The van der Waals surface area contributed by atoms with Crippen molar-refractivity contribution in [2.24, 2.45) is 0 Å². The van der Waals surface area contributed by atoms with E-state index in [1.165, 1.54) is 18.2 Å². The molecule has 0 radical (unpaired) electrons. The second-order valence-corrected chi connectivity index (χ2v) is 8.58. The summed E-state index contributed by atoms with van der Waals surface area (Å²) in [6.45, 7) is -0.372. The number of alkyl halides is 3. The molecular weight excluding hydrogens is 563 g/mol. The Hall–Kier alpha value is -3.81. The minimum absolute atomic E-state index is 0.124. The Balaban J connectivity index is 1.75. The van der Waals surface area contributed by atoms with Crippen molar-refractivity contribution in [3.63, 3.8) is 0 Å². The Bertz CT molecular complexity index is 1350. The van der Waals surface area contributed by atoms with Crippen molar-refractivity contribution in [1.82, 2.24) is 0 Å². The summed E-state index contributed by atoms with van der Waals surface area (Å²) in [7, 11) is 0. The van der Waals surface area contributed by atoms with Gasteiger partial charge in [-0.05, 0) is 66.7 Å². The highest BCUT2D eigenvalue weighted by Crippen LogP contribution is 2.31. The van der Waals surface area contributed by atoms with Gasteiger partial charge in [0.15, 0.2) is 6.61 Å². The van der Waals surface area contributed by atoms with E-state index in [1.807, 2.05) is 0 Å². The molecule has 11 heteroatoms. The van der Waals surface area contributed by atoms with Crippen LogP contribution in [0.15, 0.2) is 76.8 Å². The van der Waals surface area contributed by atoms with E-state index >= 15 is 0 Å². The molecule has 0 aliphatic heterocycles. The van der Waals surface area contributed by atoms with E-state index in [2.05, 4.69) is 26.6 Å². The number of benzene rings is 3. The van der Waals surface area contributed by atoms with Crippen LogP contribution in [-0.4, -0.2) is 18.4 Å². The van der Waals surface area contributed by atoms with Crippen LogP contribution in [0, 0.1) is 11.3 Å². The number of nitrogens with one attached hydrogen (secondary N) is 2. The van der Waals surface area contributed by atoms with Crippen molar-refractivity contribution in [3.05, 3.63) is 92.9 Å². The molecule has 6 nitrogen and oxygen atoms in total. The minimum Gasteiger partial charge on any atom is -0.483 e. The summed E-state index contributed by atoms with van der Waals surface area (Å²) in [6.07, 6.45) is -3.38. The average molecular weight is 579 g/mol. The van der Waals surface area contributed by atoms with Crippen LogP contribution >= 0.6 is 27.5 Å². The van der Waals surface area contributed by atoms with Gasteiger partial charge in [0.05, 0.1) is 5.56 Å². The van der Waals surface area contributed by atoms with Crippen LogP contribution in [0.4, 0.5) is 24.5 Å². The molecule has 0 atom stereocenters. The number of amides is 2. The van der Waals surface area contributed by atoms with Crippen molar-refractivity contribution >= 4 is 56.8 Å². The molecule has 0 fully saturated rings. The summed E-state index contributed by atoms with van der Waals surface area (Å²) < 4.78 is 45.0. The number of ether oxygens (including phenoxy) is 1. The van der Waals surface area contributed by atoms with Crippen LogP contribution in [0.3, 0.4) is 0 Å². The molecule has 0 saturated carbocycles. The maximum absolute atomic E-state index is 12.9. The smallest absolute Gasteiger partial charge is 0.416 e. The predicted molar refractivity (Wildman–Crippen MR) is 133 cm³/mol. The molecule has 0 heterocycles. The van der Waals surface area contributed by atoms with Gasteiger partial charge in [0, 0.05) is 26.4 Å². The maximum Gasteiger partial charge on any atom is 0.416 e. The highest BCUT2D eigenvalue weighted by atomic mass is 79.9. The minimum atomic E-state index is -4.59. The first-order chi connectivity index (χ1) is 17.0. The third kappa shape index (κ3) is 7.60. The molecule has 0 aliphatic rings. The predicted octanol–water partition coefficient (Wildman–Crippen LogP) is 6.68. The quantitative estimate of drug-likeness (QED) is 0.242. The lowest BCUT2D eigenvalue weighted by Gasteiger charge is -2.11. The van der Waals surface area contributed by atoms with E-state index in [0.717, 1.165) is 18.2 Å². The lowest BCUT2D eigenvalue weighted by molar-refractivity contribution is -0.137. The fraction of sp³-hybridized carbons (Fsp3) is 0.0800. The number of nitrogens with zero attached hydrogens (tertiary/aromatic N) is 1. The van der Waals surface area contributed by atoms with Crippen LogP contribution in [0.5, 0.6) is 5.75 Å². The third-order valence-corrected chi connectivity index (χ3v) is 5.32. The zero-order valence-electron chi connectivity index (χ0n) is 18.2. The van der Waals surface area contributed by atoms with Gasteiger partial charge in [0.1, 0.15) is 17.4 Å². The fourth-order valence-electron chi connectivity index (χ4n) is 2.91. The number of halogens is 5. The first kappa shape index (κ1) is 26.8. The van der Waals surface area contributed by atoms with Gasteiger partial charge in [-0.2, -0.15) is 18.4 Å². The summed E-state index contributed by atoms with van der Waals surface area (Å²) in [5.74, 6) is -1.18. The number of hydrogen-bond acceptors (Lipinski definition) is 4. The summed E-state index contributed by atoms with van der Waals surface area (Å²) in [5, 5.41) is 14.9. The van der Waals surface area contributed by atoms with E-state index < -0.39 is 23.6 Å². The van der Waals surface area contributed by atoms with Crippen LogP contribution in [0.1, 0.15) is 11.1 Å². The second-order valence-electron chi connectivity index (χ2n) is 7.23. The molecule has 0 aromatic heterocycles. The zero-order valence-corrected chi connectivity index (χ0v) is 20.5. The van der Waals surface area contributed by atoms with Gasteiger partial charge in [0.2, 0.25) is 0 Å². The summed E-state index contributed by atoms with van der Waals surface area (Å²) in [6, 6.07) is 17.0. The van der Waals surface area contributed by atoms with E-state index in [1.54, 1.807) is 42.5 Å². The van der Waals surface area contributed by atoms with Crippen LogP contribution in [0.25, 0.3) is 6.08 Å². The van der Waals surface area contributed by atoms with E-state index in [0.29, 0.717) is 20.7 Å². The average Bonchev–Trinajstić information content (AvgIpc) is 2.83. The Morgan fingerprint density at radius 2 is 1.75 bits per heavy atom. The number of hydrogen-bond donors (Lipinski definition) is 2. The van der Waals surface area contributed by atoms with Gasteiger partial charge in [-0.1, -0.05) is 33.6 Å². The molecular formula is C25H16BrClF3N3O3. The molecule has 184 valence electrons. The van der Waals surface area contributed by atoms with Gasteiger partial charge >= 0.3 is 6.18 Å². The van der Waals surface area contributed by atoms with E-state index in [9.17, 15) is 28.0 Å². The lowest BCUT2D eigenvalue weighted by atomic mass is 10.1. The SMILES string of the molecule is N#C/C(=C\c1cc(Br)ccc1OCC(=O)Nc1ccc(Cl)cc1)C(=O)Nc1cccc(C(F)(F)F)c1. The standard InChI is InChI=1S/C25H16BrClF3N3O3/c26-18-4-9-22(36-14-23(34)32-20-7-5-19(27)6-8-20)15(11-18)10-16(13-31)24(35)33-21-3-1-2-17(12-21)25(28,29)30/h1-12H,14H2,(H,32,34)(H,33,35)/b16-10+. The Labute approximate surface area is 217 Å². The monoisotopic (exact) mass is 577 g/mol. The molecule has 2 N–H and O–H groups in total. The second kappa shape index (κ2) is 11.7. The highest BCUT2D eigenvalue weighted by molar-refractivity contribution is 9.10. The van der Waals surface area contributed by atoms with Crippen molar-refractivity contribution in [2.45, 2.75) is 6.18 Å². The molecule has 0 spiro atoms. The van der Waals surface area contributed by atoms with Crippen LogP contribution < -0.4 is 15.4 Å². The van der Waals surface area contributed by atoms with E-state index in [4.69, 9.17) is 16.3 Å². The van der Waals surface area contributed by atoms with Gasteiger partial charge in [-0.25, -0.2) is 0 Å². The number of carbonyl (C=O) groups excluding carboxylic acids is 2. The first-order valence-corrected chi connectivity index (χ1v) is 11.3. The van der Waals surface area contributed by atoms with Crippen LogP contribution in [0.2, 0.25) is 5.02 Å². The Kier molecular flexibility index (Phi) is 8.74. The molecule has 3 aromatic carbocycles. The van der Waals surface area contributed by atoms with Gasteiger partial charge in [-0.15, -0.1) is 0 Å². The third-order valence-electron chi connectivity index (χ3n) is 4.57. The molecule has 0 aliphatic carbocycles. The van der Waals surface area contributed by atoms with Crippen molar-refractivity contribution in [2.75, 3.05) is 17.2 Å². The summed E-state index contributed by atoms with van der Waals surface area (Å²) in [4.78, 5) is 24.8. The van der Waals surface area contributed by atoms with E-state index in [-0.39, 0.29) is 23.6 Å². The molecule has 0 saturated heterocycles. The van der Waals surface area contributed by atoms with Gasteiger partial charge in [-0.3, -0.25) is 9.59 Å². The first-order valence-electron chi connectivity index (χ1n) is 10.1. The van der Waals surface area contributed by atoms with Gasteiger partial charge < -0.3 is 15.4 Å². The maximum atomic E-state index is 12.9. The van der Waals surface area contributed by atoms with Gasteiger partial charge in [0.25, 0.3) is 11.8 Å². The summed E-state index contributed by atoms with van der Waals surface area (Å²) in [5.41, 5.74) is -0.648. The molecule has 3 aromatic rings. The lowest BCUT2D eigenvalue weighted by Crippen LogP contribution is -2.20. The number of rotatable bonds is 7. The largest absolute Gasteiger partial charge is 0.483 e. The Morgan fingerprint density at radius 1 is 1.03 bits per heavy atom. The summed E-state index contributed by atoms with van der Waals surface area (Å²) >= 11 is 9.11. The van der Waals surface area contributed by atoms with Crippen molar-refractivity contribution < 1.29 is 27.5 Å². The molecule has 3 rings (SSSR count). The Morgan fingerprint density at radius 3 is 2.42 bits per heavy atom. The van der Waals surface area contributed by atoms with Crippen LogP contribution in [-0.2, 0) is 15.8 Å². The van der Waals surface area contributed by atoms with Crippen molar-refractivity contribution in [3.8, 4) is 11.8 Å². The molecule has 2 amide bonds. The zero-order chi connectivity index (χ0) is 26.3. The molecule has 36 heavy (non-hydrogen) atoms. The molecule has 0 unspecified atom stereocenters. The normalized spacial score (nSPS) is 11.4. The topological polar surface area (TPSA) is 91.2 Å².